The van der Waals surface area contributed by atoms with Gasteiger partial charge in [0.2, 0.25) is 0 Å². The molecule has 126 valence electrons. The van der Waals surface area contributed by atoms with Gasteiger partial charge in [-0.3, -0.25) is 4.90 Å². The highest BCUT2D eigenvalue weighted by atomic mass is 35.5. The first-order valence-corrected chi connectivity index (χ1v) is 8.58. The Morgan fingerprint density at radius 3 is 2.75 bits per heavy atom. The number of aromatic nitrogens is 1. The molecule has 4 rings (SSSR count). The molecular weight excluding hydrogens is 345 g/mol. The second-order valence-corrected chi connectivity index (χ2v) is 7.21. The fraction of sp³-hybridized carbons (Fsp3) is 0.278. The molecular formula is C18H19ClFN3S. The molecule has 3 nitrogen and oxygen atoms in total. The van der Waals surface area contributed by atoms with Crippen molar-refractivity contribution in [3.63, 3.8) is 0 Å². The minimum atomic E-state index is -0.208. The van der Waals surface area contributed by atoms with E-state index in [1.54, 1.807) is 23.5 Å². The monoisotopic (exact) mass is 363 g/mol. The zero-order valence-electron chi connectivity index (χ0n) is 13.1. The van der Waals surface area contributed by atoms with Crippen LogP contribution in [0.25, 0.3) is 10.2 Å². The van der Waals surface area contributed by atoms with E-state index in [0.29, 0.717) is 5.92 Å². The molecule has 24 heavy (non-hydrogen) atoms. The lowest BCUT2D eigenvalue weighted by atomic mass is 9.95. The quantitative estimate of drug-likeness (QED) is 0.770. The van der Waals surface area contributed by atoms with Crippen LogP contribution >= 0.6 is 23.7 Å². The number of likely N-dealkylation sites (tertiary alicyclic amines) is 1. The summed E-state index contributed by atoms with van der Waals surface area (Å²) in [6, 6.07) is 15.4. The number of fused-ring (bicyclic) bond motifs is 1. The van der Waals surface area contributed by atoms with Gasteiger partial charge in [-0.1, -0.05) is 30.3 Å². The lowest BCUT2D eigenvalue weighted by Crippen LogP contribution is -2.28. The van der Waals surface area contributed by atoms with Crippen molar-refractivity contribution in [3.05, 3.63) is 64.9 Å². The smallest absolute Gasteiger partial charge is 0.124 e. The standard InChI is InChI=1S/C18H18FN3S.ClH/c19-13-6-7-16-17(8-13)23-18(21-16)11-22-9-14(15(20)10-22)12-4-2-1-3-5-12;/h1-8,14-15H,9-11,20H2;1H/t14-,15+;/m0./s1. The normalized spacial score (nSPS) is 21.1. The van der Waals surface area contributed by atoms with E-state index in [4.69, 9.17) is 5.73 Å². The number of rotatable bonds is 3. The molecule has 1 aliphatic rings. The highest BCUT2D eigenvalue weighted by molar-refractivity contribution is 7.18. The molecule has 1 fully saturated rings. The Labute approximate surface area is 150 Å². The third-order valence-electron chi connectivity index (χ3n) is 4.42. The molecule has 3 aromatic rings. The second kappa shape index (κ2) is 7.15. The first-order chi connectivity index (χ1) is 11.2. The van der Waals surface area contributed by atoms with E-state index < -0.39 is 0 Å². The van der Waals surface area contributed by atoms with Crippen molar-refractivity contribution < 1.29 is 4.39 Å². The van der Waals surface area contributed by atoms with Crippen LogP contribution in [0.4, 0.5) is 4.39 Å². The summed E-state index contributed by atoms with van der Waals surface area (Å²) in [5, 5.41) is 1.02. The van der Waals surface area contributed by atoms with Crippen LogP contribution in [0.5, 0.6) is 0 Å². The highest BCUT2D eigenvalue weighted by Crippen LogP contribution is 2.29. The van der Waals surface area contributed by atoms with Crippen molar-refractivity contribution in [1.82, 2.24) is 9.88 Å². The van der Waals surface area contributed by atoms with Crippen molar-refractivity contribution in [1.29, 1.82) is 0 Å². The van der Waals surface area contributed by atoms with Crippen LogP contribution in [-0.2, 0) is 6.54 Å². The fourth-order valence-electron chi connectivity index (χ4n) is 3.30. The summed E-state index contributed by atoms with van der Waals surface area (Å²) in [6.45, 7) is 2.58. The largest absolute Gasteiger partial charge is 0.326 e. The van der Waals surface area contributed by atoms with Crippen LogP contribution in [0.3, 0.4) is 0 Å². The molecule has 0 amide bonds. The number of hydrogen-bond acceptors (Lipinski definition) is 4. The molecule has 6 heteroatoms. The Morgan fingerprint density at radius 2 is 1.96 bits per heavy atom. The summed E-state index contributed by atoms with van der Waals surface area (Å²) < 4.78 is 14.2. The summed E-state index contributed by atoms with van der Waals surface area (Å²) in [5.41, 5.74) is 8.51. The number of nitrogens with zero attached hydrogens (tertiary/aromatic N) is 2. The first-order valence-electron chi connectivity index (χ1n) is 7.77. The summed E-state index contributed by atoms with van der Waals surface area (Å²) in [6.07, 6.45) is 0. The molecule has 1 aromatic heterocycles. The number of halogens is 2. The lowest BCUT2D eigenvalue weighted by molar-refractivity contribution is 0.323. The number of hydrogen-bond donors (Lipinski definition) is 1. The van der Waals surface area contributed by atoms with E-state index in [0.717, 1.165) is 34.9 Å². The fourth-order valence-corrected chi connectivity index (χ4v) is 4.34. The first kappa shape index (κ1) is 17.3. The van der Waals surface area contributed by atoms with Gasteiger partial charge in [-0.05, 0) is 23.8 Å². The maximum atomic E-state index is 13.3. The Balaban J connectivity index is 0.00000169. The van der Waals surface area contributed by atoms with Crippen LogP contribution in [-0.4, -0.2) is 29.0 Å². The molecule has 1 aliphatic heterocycles. The minimum absolute atomic E-state index is 0. The maximum absolute atomic E-state index is 13.3. The summed E-state index contributed by atoms with van der Waals surface area (Å²) in [5.74, 6) is 0.156. The molecule has 0 unspecified atom stereocenters. The zero-order valence-corrected chi connectivity index (χ0v) is 14.7. The molecule has 0 aliphatic carbocycles. The summed E-state index contributed by atoms with van der Waals surface area (Å²) in [4.78, 5) is 6.95. The van der Waals surface area contributed by atoms with Gasteiger partial charge in [-0.2, -0.15) is 0 Å². The van der Waals surface area contributed by atoms with E-state index in [2.05, 4.69) is 34.1 Å². The van der Waals surface area contributed by atoms with Crippen LogP contribution in [0.15, 0.2) is 48.5 Å². The van der Waals surface area contributed by atoms with Crippen molar-refractivity contribution in [3.8, 4) is 0 Å². The molecule has 0 spiro atoms. The van der Waals surface area contributed by atoms with Crippen LogP contribution in [0.2, 0.25) is 0 Å². The van der Waals surface area contributed by atoms with Gasteiger partial charge in [-0.15, -0.1) is 23.7 Å². The Morgan fingerprint density at radius 1 is 1.17 bits per heavy atom. The Bertz CT molecular complexity index is 824. The molecule has 2 heterocycles. The zero-order chi connectivity index (χ0) is 15.8. The van der Waals surface area contributed by atoms with Gasteiger partial charge in [0.15, 0.2) is 0 Å². The van der Waals surface area contributed by atoms with Gasteiger partial charge in [0.05, 0.1) is 16.8 Å². The lowest BCUT2D eigenvalue weighted by Gasteiger charge is -2.14. The molecule has 2 atom stereocenters. The van der Waals surface area contributed by atoms with Gasteiger partial charge < -0.3 is 5.73 Å². The van der Waals surface area contributed by atoms with Gasteiger partial charge in [-0.25, -0.2) is 9.37 Å². The molecule has 0 saturated carbocycles. The van der Waals surface area contributed by atoms with Gasteiger partial charge in [0.25, 0.3) is 0 Å². The van der Waals surface area contributed by atoms with Crippen LogP contribution in [0, 0.1) is 5.82 Å². The third-order valence-corrected chi connectivity index (χ3v) is 5.43. The van der Waals surface area contributed by atoms with Gasteiger partial charge >= 0.3 is 0 Å². The van der Waals surface area contributed by atoms with E-state index in [9.17, 15) is 4.39 Å². The summed E-state index contributed by atoms with van der Waals surface area (Å²) >= 11 is 1.56. The van der Waals surface area contributed by atoms with E-state index >= 15 is 0 Å². The predicted octanol–water partition coefficient (Wildman–Crippen LogP) is 3.78. The van der Waals surface area contributed by atoms with E-state index in [1.165, 1.54) is 11.6 Å². The topological polar surface area (TPSA) is 42.1 Å². The molecule has 0 bridgehead atoms. The number of nitrogens with two attached hydrogens (primary N) is 1. The Hall–Kier alpha value is -1.53. The number of benzene rings is 2. The SMILES string of the molecule is Cl.N[C@@H]1CN(Cc2nc3ccc(F)cc3s2)C[C@H]1c1ccccc1. The van der Waals surface area contributed by atoms with Crippen molar-refractivity contribution in [2.24, 2.45) is 5.73 Å². The predicted molar refractivity (Wildman–Crippen MR) is 99.3 cm³/mol. The van der Waals surface area contributed by atoms with Gasteiger partial charge in [0.1, 0.15) is 10.8 Å². The molecule has 1 saturated heterocycles. The average molecular weight is 364 g/mol. The van der Waals surface area contributed by atoms with E-state index in [1.807, 2.05) is 6.07 Å². The van der Waals surface area contributed by atoms with Crippen molar-refractivity contribution >= 4 is 34.0 Å². The Kier molecular flexibility index (Phi) is 5.15. The van der Waals surface area contributed by atoms with Crippen LogP contribution in [0.1, 0.15) is 16.5 Å². The van der Waals surface area contributed by atoms with E-state index in [-0.39, 0.29) is 24.3 Å². The van der Waals surface area contributed by atoms with Crippen LogP contribution < -0.4 is 5.73 Å². The summed E-state index contributed by atoms with van der Waals surface area (Å²) in [7, 11) is 0. The molecule has 2 N–H and O–H groups in total. The number of thiazole rings is 1. The van der Waals surface area contributed by atoms with Crippen molar-refractivity contribution in [2.75, 3.05) is 13.1 Å². The minimum Gasteiger partial charge on any atom is -0.326 e. The second-order valence-electron chi connectivity index (χ2n) is 6.09. The molecule has 0 radical (unpaired) electrons. The third kappa shape index (κ3) is 3.44. The maximum Gasteiger partial charge on any atom is 0.124 e. The highest BCUT2D eigenvalue weighted by Gasteiger charge is 2.31. The van der Waals surface area contributed by atoms with Crippen molar-refractivity contribution in [2.45, 2.75) is 18.5 Å². The molecule has 2 aromatic carbocycles. The average Bonchev–Trinajstić information content (AvgIpc) is 3.10. The van der Waals surface area contributed by atoms with Gasteiger partial charge in [0, 0.05) is 25.0 Å².